The molecule has 0 spiro atoms. The van der Waals surface area contributed by atoms with E-state index in [0.29, 0.717) is 18.3 Å². The van der Waals surface area contributed by atoms with Gasteiger partial charge in [0.05, 0.1) is 0 Å². The van der Waals surface area contributed by atoms with Gasteiger partial charge in [-0.05, 0) is 19.9 Å². The second kappa shape index (κ2) is 6.11. The summed E-state index contributed by atoms with van der Waals surface area (Å²) in [6.07, 6.45) is -4.38. The van der Waals surface area contributed by atoms with E-state index >= 15 is 0 Å². The summed E-state index contributed by atoms with van der Waals surface area (Å²) in [5.74, 6) is 0. The van der Waals surface area contributed by atoms with Gasteiger partial charge in [-0.15, -0.1) is 12.4 Å². The standard InChI is InChI=1S/C11H17F3N4.ClH/c1-7-8(2)18(4-3-15-7)6-9-5-10(17-16-9)11(12,13)14;/h5,7-8,15H,3-4,6H2,1-2H3,(H,16,17);1H. The molecule has 8 heteroatoms. The number of halogens is 4. The van der Waals surface area contributed by atoms with E-state index < -0.39 is 11.9 Å². The Bertz CT molecular complexity index is 407. The number of H-pyrrole nitrogens is 1. The van der Waals surface area contributed by atoms with E-state index in [9.17, 15) is 13.2 Å². The molecule has 4 nitrogen and oxygen atoms in total. The lowest BCUT2D eigenvalue weighted by molar-refractivity contribution is -0.141. The summed E-state index contributed by atoms with van der Waals surface area (Å²) in [5, 5.41) is 9.10. The molecule has 1 fully saturated rings. The molecule has 2 atom stereocenters. The lowest BCUT2D eigenvalue weighted by Gasteiger charge is -2.38. The van der Waals surface area contributed by atoms with Gasteiger partial charge in [0.25, 0.3) is 0 Å². The number of hydrogen-bond acceptors (Lipinski definition) is 3. The molecule has 0 bridgehead atoms. The van der Waals surface area contributed by atoms with Crippen LogP contribution in [-0.4, -0.2) is 40.3 Å². The van der Waals surface area contributed by atoms with Gasteiger partial charge in [-0.1, -0.05) is 0 Å². The number of aromatic nitrogens is 2. The summed E-state index contributed by atoms with van der Waals surface area (Å²) in [6, 6.07) is 1.71. The number of alkyl halides is 3. The first kappa shape index (κ1) is 16.3. The fourth-order valence-corrected chi connectivity index (χ4v) is 2.16. The van der Waals surface area contributed by atoms with E-state index in [4.69, 9.17) is 0 Å². The average Bonchev–Trinajstić information content (AvgIpc) is 2.73. The summed E-state index contributed by atoms with van der Waals surface area (Å²) in [6.45, 7) is 6.29. The maximum absolute atomic E-state index is 12.4. The molecule has 2 rings (SSSR count). The zero-order valence-electron chi connectivity index (χ0n) is 10.8. The summed E-state index contributed by atoms with van der Waals surface area (Å²) in [4.78, 5) is 2.15. The average molecular weight is 299 g/mol. The molecule has 1 aromatic heterocycles. The molecular weight excluding hydrogens is 281 g/mol. The summed E-state index contributed by atoms with van der Waals surface area (Å²) in [7, 11) is 0. The van der Waals surface area contributed by atoms with Gasteiger partial charge in [0.15, 0.2) is 5.69 Å². The first-order chi connectivity index (χ1) is 8.38. The minimum atomic E-state index is -4.38. The van der Waals surface area contributed by atoms with Crippen LogP contribution in [0.4, 0.5) is 13.2 Å². The van der Waals surface area contributed by atoms with E-state index in [0.717, 1.165) is 19.2 Å². The van der Waals surface area contributed by atoms with Crippen molar-refractivity contribution in [2.75, 3.05) is 13.1 Å². The lowest BCUT2D eigenvalue weighted by Crippen LogP contribution is -2.54. The molecule has 2 heterocycles. The quantitative estimate of drug-likeness (QED) is 0.878. The van der Waals surface area contributed by atoms with Crippen molar-refractivity contribution >= 4 is 12.4 Å². The third kappa shape index (κ3) is 3.84. The van der Waals surface area contributed by atoms with Crippen LogP contribution >= 0.6 is 12.4 Å². The third-order valence-corrected chi connectivity index (χ3v) is 3.46. The van der Waals surface area contributed by atoms with Crippen LogP contribution in [0.5, 0.6) is 0 Å². The molecule has 0 aromatic carbocycles. The molecule has 110 valence electrons. The van der Waals surface area contributed by atoms with Crippen molar-refractivity contribution in [1.29, 1.82) is 0 Å². The highest BCUT2D eigenvalue weighted by atomic mass is 35.5. The predicted octanol–water partition coefficient (Wildman–Crippen LogP) is 2.03. The first-order valence-corrected chi connectivity index (χ1v) is 5.97. The zero-order chi connectivity index (χ0) is 13.3. The van der Waals surface area contributed by atoms with Crippen LogP contribution in [0.3, 0.4) is 0 Å². The Kier molecular flexibility index (Phi) is 5.23. The van der Waals surface area contributed by atoms with Crippen LogP contribution < -0.4 is 5.32 Å². The molecule has 19 heavy (non-hydrogen) atoms. The third-order valence-electron chi connectivity index (χ3n) is 3.46. The smallest absolute Gasteiger partial charge is 0.311 e. The monoisotopic (exact) mass is 298 g/mol. The van der Waals surface area contributed by atoms with Crippen molar-refractivity contribution in [1.82, 2.24) is 20.4 Å². The minimum Gasteiger partial charge on any atom is -0.311 e. The molecule has 0 amide bonds. The summed E-state index contributed by atoms with van der Waals surface area (Å²) < 4.78 is 37.2. The maximum atomic E-state index is 12.4. The highest BCUT2D eigenvalue weighted by Gasteiger charge is 2.34. The van der Waals surface area contributed by atoms with Crippen molar-refractivity contribution in [3.8, 4) is 0 Å². The van der Waals surface area contributed by atoms with Gasteiger partial charge in [0.1, 0.15) is 0 Å². The van der Waals surface area contributed by atoms with Crippen molar-refractivity contribution < 1.29 is 13.2 Å². The van der Waals surface area contributed by atoms with Crippen molar-refractivity contribution in [2.24, 2.45) is 0 Å². The number of nitrogens with one attached hydrogen (secondary N) is 2. The van der Waals surface area contributed by atoms with Crippen molar-refractivity contribution in [3.05, 3.63) is 17.5 Å². The van der Waals surface area contributed by atoms with Crippen molar-refractivity contribution in [2.45, 2.75) is 38.7 Å². The van der Waals surface area contributed by atoms with E-state index in [1.807, 2.05) is 0 Å². The van der Waals surface area contributed by atoms with Crippen LogP contribution in [0, 0.1) is 0 Å². The highest BCUT2D eigenvalue weighted by Crippen LogP contribution is 2.28. The second-order valence-electron chi connectivity index (χ2n) is 4.73. The Morgan fingerprint density at radius 1 is 1.42 bits per heavy atom. The highest BCUT2D eigenvalue weighted by molar-refractivity contribution is 5.85. The number of nitrogens with zero attached hydrogens (tertiary/aromatic N) is 2. The molecule has 2 unspecified atom stereocenters. The Balaban J connectivity index is 0.00000180. The summed E-state index contributed by atoms with van der Waals surface area (Å²) >= 11 is 0. The van der Waals surface area contributed by atoms with Gasteiger partial charge in [-0.3, -0.25) is 10.00 Å². The molecule has 1 aromatic rings. The Labute approximate surface area is 116 Å². The van der Waals surface area contributed by atoms with Gasteiger partial charge in [-0.2, -0.15) is 18.3 Å². The van der Waals surface area contributed by atoms with E-state index in [-0.39, 0.29) is 18.4 Å². The maximum Gasteiger partial charge on any atom is 0.435 e. The molecule has 2 N–H and O–H groups in total. The molecule has 1 saturated heterocycles. The summed E-state index contributed by atoms with van der Waals surface area (Å²) in [5.41, 5.74) is -0.350. The van der Waals surface area contributed by atoms with E-state index in [1.54, 1.807) is 0 Å². The fraction of sp³-hybridized carbons (Fsp3) is 0.727. The largest absolute Gasteiger partial charge is 0.435 e. The number of hydrogen-bond donors (Lipinski definition) is 2. The van der Waals surface area contributed by atoms with Gasteiger partial charge >= 0.3 is 6.18 Å². The van der Waals surface area contributed by atoms with Crippen molar-refractivity contribution in [3.63, 3.8) is 0 Å². The van der Waals surface area contributed by atoms with Gasteiger partial charge in [-0.25, -0.2) is 0 Å². The minimum absolute atomic E-state index is 0. The second-order valence-corrected chi connectivity index (χ2v) is 4.73. The first-order valence-electron chi connectivity index (χ1n) is 5.97. The SMILES string of the molecule is CC1NCCN(Cc2cc(C(F)(F)F)n[nH]2)C1C.Cl. The molecule has 0 radical (unpaired) electrons. The van der Waals surface area contributed by atoms with Crippen LogP contribution in [-0.2, 0) is 12.7 Å². The number of piperazine rings is 1. The Hall–Kier alpha value is -0.790. The fourth-order valence-electron chi connectivity index (χ4n) is 2.16. The van der Waals surface area contributed by atoms with Gasteiger partial charge in [0.2, 0.25) is 0 Å². The van der Waals surface area contributed by atoms with E-state index in [1.165, 1.54) is 0 Å². The molecule has 1 aliphatic rings. The lowest BCUT2D eigenvalue weighted by atomic mass is 10.1. The Morgan fingerprint density at radius 2 is 2.11 bits per heavy atom. The number of aromatic amines is 1. The van der Waals surface area contributed by atoms with Crippen LogP contribution in [0.2, 0.25) is 0 Å². The van der Waals surface area contributed by atoms with Crippen LogP contribution in [0.15, 0.2) is 6.07 Å². The topological polar surface area (TPSA) is 44.0 Å². The van der Waals surface area contributed by atoms with Gasteiger partial charge < -0.3 is 5.32 Å². The van der Waals surface area contributed by atoms with E-state index in [2.05, 4.69) is 34.3 Å². The molecule has 0 saturated carbocycles. The normalized spacial score (nSPS) is 25.1. The zero-order valence-corrected chi connectivity index (χ0v) is 11.6. The van der Waals surface area contributed by atoms with Crippen LogP contribution in [0.25, 0.3) is 0 Å². The molecular formula is C11H18ClF3N4. The Morgan fingerprint density at radius 3 is 2.68 bits per heavy atom. The molecule has 0 aliphatic carbocycles. The predicted molar refractivity (Wildman–Crippen MR) is 68.2 cm³/mol. The number of rotatable bonds is 2. The molecule has 1 aliphatic heterocycles. The van der Waals surface area contributed by atoms with Crippen LogP contribution in [0.1, 0.15) is 25.2 Å². The van der Waals surface area contributed by atoms with Gasteiger partial charge in [0, 0.05) is 37.4 Å².